The van der Waals surface area contributed by atoms with Crippen molar-refractivity contribution in [3.8, 4) is 11.1 Å². The van der Waals surface area contributed by atoms with Crippen LogP contribution in [0, 0.1) is 11.6 Å². The van der Waals surface area contributed by atoms with Crippen molar-refractivity contribution >= 4 is 6.08 Å². The van der Waals surface area contributed by atoms with Gasteiger partial charge in [-0.25, -0.2) is 13.2 Å². The van der Waals surface area contributed by atoms with Crippen molar-refractivity contribution in [1.29, 1.82) is 0 Å². The highest BCUT2D eigenvalue weighted by atomic mass is 19.2. The first-order valence-corrected chi connectivity index (χ1v) is 10.5. The third-order valence-corrected chi connectivity index (χ3v) is 5.73. The molecule has 2 aromatic rings. The van der Waals surface area contributed by atoms with E-state index in [1.165, 1.54) is 0 Å². The minimum Gasteiger partial charge on any atom is -0.247 e. The van der Waals surface area contributed by atoms with Gasteiger partial charge in [-0.05, 0) is 55.6 Å². The third-order valence-electron chi connectivity index (χ3n) is 5.73. The number of benzene rings is 2. The van der Waals surface area contributed by atoms with E-state index in [2.05, 4.69) is 6.92 Å². The topological polar surface area (TPSA) is 0 Å². The third kappa shape index (κ3) is 5.06. The van der Waals surface area contributed by atoms with E-state index < -0.39 is 17.8 Å². The Balaban J connectivity index is 1.72. The summed E-state index contributed by atoms with van der Waals surface area (Å²) in [7, 11) is 0. The van der Waals surface area contributed by atoms with E-state index in [1.807, 2.05) is 30.3 Å². The monoisotopic (exact) mass is 386 g/mol. The molecule has 1 saturated carbocycles. The molecule has 0 atom stereocenters. The molecular weight excluding hydrogens is 357 g/mol. The lowest BCUT2D eigenvalue weighted by molar-refractivity contribution is 0.235. The molecule has 0 saturated heterocycles. The normalized spacial score (nSPS) is 20.0. The van der Waals surface area contributed by atoms with Crippen LogP contribution in [0.25, 0.3) is 17.2 Å². The second kappa shape index (κ2) is 9.95. The largest absolute Gasteiger partial charge is 0.247 e. The summed E-state index contributed by atoms with van der Waals surface area (Å²) in [6, 6.07) is 10.9. The summed E-state index contributed by atoms with van der Waals surface area (Å²) >= 11 is 0. The van der Waals surface area contributed by atoms with Gasteiger partial charge in [0, 0.05) is 11.1 Å². The van der Waals surface area contributed by atoms with Gasteiger partial charge in [-0.3, -0.25) is 0 Å². The van der Waals surface area contributed by atoms with Crippen molar-refractivity contribution < 1.29 is 13.2 Å². The van der Waals surface area contributed by atoms with E-state index in [9.17, 15) is 13.2 Å². The lowest BCUT2D eigenvalue weighted by atomic mass is 9.83. The molecular formula is C25H29F3. The van der Waals surface area contributed by atoms with Gasteiger partial charge in [-0.1, -0.05) is 68.3 Å². The zero-order chi connectivity index (χ0) is 19.9. The minimum absolute atomic E-state index is 0.277. The maximum Gasteiger partial charge on any atom is 0.167 e. The highest BCUT2D eigenvalue weighted by molar-refractivity contribution is 5.67. The van der Waals surface area contributed by atoms with Gasteiger partial charge < -0.3 is 0 Å². The molecule has 1 aliphatic carbocycles. The molecule has 0 heterocycles. The molecule has 0 radical (unpaired) electrons. The molecule has 0 spiro atoms. The van der Waals surface area contributed by atoms with Crippen LogP contribution in [0.2, 0.25) is 0 Å². The number of hydrogen-bond donors (Lipinski definition) is 0. The zero-order valence-electron chi connectivity index (χ0n) is 16.6. The summed E-state index contributed by atoms with van der Waals surface area (Å²) in [4.78, 5) is 0. The Labute approximate surface area is 166 Å². The summed E-state index contributed by atoms with van der Waals surface area (Å²) in [6.07, 6.45) is 10.1. The van der Waals surface area contributed by atoms with Gasteiger partial charge in [0.25, 0.3) is 0 Å². The lowest BCUT2D eigenvalue weighted by Gasteiger charge is -2.24. The van der Waals surface area contributed by atoms with E-state index >= 15 is 0 Å². The maximum absolute atomic E-state index is 14.6. The van der Waals surface area contributed by atoms with Crippen LogP contribution >= 0.6 is 0 Å². The van der Waals surface area contributed by atoms with Gasteiger partial charge >= 0.3 is 0 Å². The van der Waals surface area contributed by atoms with E-state index in [4.69, 9.17) is 0 Å². The lowest BCUT2D eigenvalue weighted by Crippen LogP contribution is -2.13. The fourth-order valence-electron chi connectivity index (χ4n) is 3.96. The SMILES string of the molecule is CCCCCC=Cc1ccc(-c2ccc([C@H]3CC[C@H](F)CC3)cc2)c(F)c1F. The van der Waals surface area contributed by atoms with Gasteiger partial charge in [-0.2, -0.15) is 0 Å². The quantitative estimate of drug-likeness (QED) is 0.420. The van der Waals surface area contributed by atoms with Crippen molar-refractivity contribution in [3.63, 3.8) is 0 Å². The summed E-state index contributed by atoms with van der Waals surface area (Å²) in [5.74, 6) is -1.24. The molecule has 28 heavy (non-hydrogen) atoms. The number of unbranched alkanes of at least 4 members (excludes halogenated alkanes) is 3. The van der Waals surface area contributed by atoms with Crippen LogP contribution in [0.15, 0.2) is 42.5 Å². The molecule has 0 unspecified atom stereocenters. The van der Waals surface area contributed by atoms with Gasteiger partial charge in [0.15, 0.2) is 11.6 Å². The molecule has 1 aliphatic rings. The Morgan fingerprint density at radius 3 is 2.29 bits per heavy atom. The Morgan fingerprint density at radius 1 is 0.893 bits per heavy atom. The molecule has 0 aliphatic heterocycles. The van der Waals surface area contributed by atoms with E-state index in [1.54, 1.807) is 18.2 Å². The second-order valence-electron chi connectivity index (χ2n) is 7.80. The van der Waals surface area contributed by atoms with E-state index in [0.29, 0.717) is 24.3 Å². The number of allylic oxidation sites excluding steroid dienone is 1. The maximum atomic E-state index is 14.6. The highest BCUT2D eigenvalue weighted by Crippen LogP contribution is 2.35. The number of alkyl halides is 1. The van der Waals surface area contributed by atoms with Crippen molar-refractivity contribution in [1.82, 2.24) is 0 Å². The highest BCUT2D eigenvalue weighted by Gasteiger charge is 2.22. The minimum atomic E-state index is -0.804. The number of hydrogen-bond acceptors (Lipinski definition) is 0. The predicted molar refractivity (Wildman–Crippen MR) is 111 cm³/mol. The number of halogens is 3. The van der Waals surface area contributed by atoms with Crippen LogP contribution in [0.4, 0.5) is 13.2 Å². The van der Waals surface area contributed by atoms with Gasteiger partial charge in [0.2, 0.25) is 0 Å². The molecule has 150 valence electrons. The van der Waals surface area contributed by atoms with Crippen LogP contribution < -0.4 is 0 Å². The Hall–Kier alpha value is -2.03. The van der Waals surface area contributed by atoms with Crippen molar-refractivity contribution in [2.24, 2.45) is 0 Å². The molecule has 2 aromatic carbocycles. The molecule has 0 N–H and O–H groups in total. The molecule has 0 aromatic heterocycles. The summed E-state index contributed by atoms with van der Waals surface area (Å²) < 4.78 is 42.4. The van der Waals surface area contributed by atoms with Gasteiger partial charge in [0.1, 0.15) is 6.17 Å². The molecule has 0 bridgehead atoms. The second-order valence-corrected chi connectivity index (χ2v) is 7.80. The van der Waals surface area contributed by atoms with E-state index in [0.717, 1.165) is 44.1 Å². The van der Waals surface area contributed by atoms with Crippen molar-refractivity contribution in [2.75, 3.05) is 0 Å². The van der Waals surface area contributed by atoms with Crippen LogP contribution in [0.1, 0.15) is 75.3 Å². The fraction of sp³-hybridized carbons (Fsp3) is 0.440. The fourth-order valence-corrected chi connectivity index (χ4v) is 3.96. The molecule has 3 heteroatoms. The molecule has 1 fully saturated rings. The average molecular weight is 387 g/mol. The summed E-state index contributed by atoms with van der Waals surface area (Å²) in [5.41, 5.74) is 2.39. The Bertz CT molecular complexity index is 784. The smallest absolute Gasteiger partial charge is 0.167 e. The predicted octanol–water partition coefficient (Wildman–Crippen LogP) is 8.22. The van der Waals surface area contributed by atoms with Gasteiger partial charge in [-0.15, -0.1) is 0 Å². The molecule has 0 nitrogen and oxygen atoms in total. The summed E-state index contributed by atoms with van der Waals surface area (Å²) in [6.45, 7) is 2.14. The Kier molecular flexibility index (Phi) is 7.36. The first kappa shape index (κ1) is 20.7. The van der Waals surface area contributed by atoms with Crippen molar-refractivity contribution in [3.05, 3.63) is 65.2 Å². The van der Waals surface area contributed by atoms with Crippen LogP contribution in [0.5, 0.6) is 0 Å². The Morgan fingerprint density at radius 2 is 1.61 bits per heavy atom. The zero-order valence-corrected chi connectivity index (χ0v) is 16.6. The van der Waals surface area contributed by atoms with E-state index in [-0.39, 0.29) is 11.1 Å². The van der Waals surface area contributed by atoms with Gasteiger partial charge in [0.05, 0.1) is 0 Å². The van der Waals surface area contributed by atoms with Crippen molar-refractivity contribution in [2.45, 2.75) is 70.4 Å². The van der Waals surface area contributed by atoms with Crippen LogP contribution in [-0.4, -0.2) is 6.17 Å². The first-order chi connectivity index (χ1) is 13.6. The first-order valence-electron chi connectivity index (χ1n) is 10.5. The van der Waals surface area contributed by atoms with Crippen LogP contribution in [-0.2, 0) is 0 Å². The molecule has 0 amide bonds. The summed E-state index contributed by atoms with van der Waals surface area (Å²) in [5, 5.41) is 0. The average Bonchev–Trinajstić information content (AvgIpc) is 2.72. The standard InChI is InChI=1S/C25H29F3/c1-2-3-4-5-6-7-21-14-17-23(25(28)24(21)27)20-10-8-18(9-11-20)19-12-15-22(26)16-13-19/h6-11,14,17,19,22H,2-5,12-13,15-16H2,1H3/t19-,22-. The molecule has 3 rings (SSSR count). The van der Waals surface area contributed by atoms with Crippen LogP contribution in [0.3, 0.4) is 0 Å². The number of rotatable bonds is 7.